The lowest BCUT2D eigenvalue weighted by molar-refractivity contribution is -0.170. The van der Waals surface area contributed by atoms with E-state index >= 15 is 0 Å². The molecule has 214 valence electrons. The third-order valence-corrected chi connectivity index (χ3v) is 6.99. The summed E-state index contributed by atoms with van der Waals surface area (Å²) in [4.78, 5) is 39.6. The Morgan fingerprint density at radius 2 is 1.97 bits per heavy atom. The number of allylic oxidation sites excluding steroid dienone is 6. The number of amides is 1. The van der Waals surface area contributed by atoms with Crippen molar-refractivity contribution in [1.82, 2.24) is 4.98 Å². The van der Waals surface area contributed by atoms with Crippen molar-refractivity contribution in [1.29, 1.82) is 0 Å². The highest BCUT2D eigenvalue weighted by molar-refractivity contribution is 7.51. The molecule has 1 aromatic heterocycles. The smallest absolute Gasteiger partial charge is 0.313 e. The average Bonchev–Trinajstić information content (AvgIpc) is 3.36. The number of carbonyl (C=O) groups excluding carboxylic acids is 2. The van der Waals surface area contributed by atoms with Gasteiger partial charge in [0.2, 0.25) is 14.7 Å². The van der Waals surface area contributed by atoms with Crippen molar-refractivity contribution >= 4 is 36.7 Å². The molecular formula is C28H39N2O7PS. The van der Waals surface area contributed by atoms with E-state index in [2.05, 4.69) is 10.3 Å². The summed E-state index contributed by atoms with van der Waals surface area (Å²) < 4.78 is 22.5. The van der Waals surface area contributed by atoms with Gasteiger partial charge >= 0.3 is 5.97 Å². The molecule has 9 nitrogen and oxygen atoms in total. The highest BCUT2D eigenvalue weighted by atomic mass is 32.1. The molecule has 0 spiro atoms. The van der Waals surface area contributed by atoms with Crippen LogP contribution >= 0.6 is 19.7 Å². The molecule has 0 saturated heterocycles. The van der Waals surface area contributed by atoms with Crippen LogP contribution in [0.4, 0.5) is 5.13 Å². The molecule has 39 heavy (non-hydrogen) atoms. The van der Waals surface area contributed by atoms with Gasteiger partial charge in [-0.05, 0) is 66.5 Å². The topological polar surface area (TPSA) is 116 Å². The van der Waals surface area contributed by atoms with Gasteiger partial charge in [-0.1, -0.05) is 19.1 Å². The second-order valence-electron chi connectivity index (χ2n) is 9.89. The monoisotopic (exact) mass is 578 g/mol. The van der Waals surface area contributed by atoms with Gasteiger partial charge in [0.05, 0.1) is 17.8 Å². The molecule has 1 aromatic rings. The molecule has 1 amide bonds. The second kappa shape index (κ2) is 15.7. The quantitative estimate of drug-likeness (QED) is 0.0637. The van der Waals surface area contributed by atoms with Crippen LogP contribution in [0.25, 0.3) is 0 Å². The van der Waals surface area contributed by atoms with E-state index in [1.807, 2.05) is 20.8 Å². The number of hydrogen-bond acceptors (Lipinski definition) is 9. The predicted octanol–water partition coefficient (Wildman–Crippen LogP) is 7.07. The van der Waals surface area contributed by atoms with E-state index in [1.54, 1.807) is 69.7 Å². The number of thiazole rings is 1. The lowest BCUT2D eigenvalue weighted by Gasteiger charge is -2.24. The summed E-state index contributed by atoms with van der Waals surface area (Å²) in [5.41, 5.74) is -0.238. The molecule has 0 radical (unpaired) electrons. The fraction of sp³-hybridized carbons (Fsp3) is 0.464. The highest BCUT2D eigenvalue weighted by Crippen LogP contribution is 2.47. The minimum Gasteiger partial charge on any atom is -0.498 e. The van der Waals surface area contributed by atoms with E-state index in [4.69, 9.17) is 18.7 Å². The van der Waals surface area contributed by atoms with Gasteiger partial charge in [0.15, 0.2) is 5.13 Å². The highest BCUT2D eigenvalue weighted by Gasteiger charge is 2.27. The van der Waals surface area contributed by atoms with Crippen molar-refractivity contribution in [3.8, 4) is 0 Å². The van der Waals surface area contributed by atoms with Gasteiger partial charge in [0, 0.05) is 35.0 Å². The Labute approximate surface area is 236 Å². The maximum Gasteiger partial charge on any atom is 0.313 e. The van der Waals surface area contributed by atoms with Gasteiger partial charge in [0.1, 0.15) is 11.5 Å². The number of nitrogens with one attached hydrogen (secondary N) is 1. The molecule has 0 fully saturated rings. The number of anilines is 1. The second-order valence-corrected chi connectivity index (χ2v) is 12.1. The molecule has 1 aliphatic rings. The molecule has 0 bridgehead atoms. The Kier molecular flexibility index (Phi) is 13.1. The first kappa shape index (κ1) is 32.4. The first-order valence-electron chi connectivity index (χ1n) is 12.8. The van der Waals surface area contributed by atoms with E-state index in [0.29, 0.717) is 46.8 Å². The summed E-state index contributed by atoms with van der Waals surface area (Å²) in [5, 5.41) is 5.78. The lowest BCUT2D eigenvalue weighted by Crippen LogP contribution is -2.27. The van der Waals surface area contributed by atoms with Crippen molar-refractivity contribution in [3.63, 3.8) is 0 Å². The van der Waals surface area contributed by atoms with E-state index in [1.165, 1.54) is 17.6 Å². The number of hydrogen-bond donors (Lipinski definition) is 2. The molecule has 2 N–H and O–H groups in total. The van der Waals surface area contributed by atoms with E-state index in [0.717, 1.165) is 0 Å². The first-order chi connectivity index (χ1) is 18.4. The molecule has 1 heterocycles. The minimum absolute atomic E-state index is 0.0189. The summed E-state index contributed by atoms with van der Waals surface area (Å²) >= 11 is 1.34. The number of rotatable bonds is 13. The number of aromatic nitrogens is 1. The number of ether oxygens (including phenoxy) is 3. The molecule has 0 aromatic carbocycles. The third-order valence-electron chi connectivity index (χ3n) is 4.94. The van der Waals surface area contributed by atoms with Crippen LogP contribution in [0, 0.1) is 5.41 Å². The van der Waals surface area contributed by atoms with Crippen LogP contribution in [0.2, 0.25) is 0 Å². The standard InChI is InChI=1S/C28H39N2O7PS/c1-8-9-21(25(31)30-27-29-15-17-39-27)18-23(14-16-34-19(2)3)36-22-10-12-24(13-11-22)38(33)37-20(4)35-26(32)28(5,6)7/h9-10,12,14-20,33H,8,11,13H2,1-7H3,(H,29,30,31)/b16-14+,21-9+,23-18+. The summed E-state index contributed by atoms with van der Waals surface area (Å²) in [6, 6.07) is 0. The molecule has 0 saturated carbocycles. The van der Waals surface area contributed by atoms with Crippen LogP contribution in [-0.4, -0.2) is 34.1 Å². The van der Waals surface area contributed by atoms with Crippen LogP contribution in [0.1, 0.15) is 67.7 Å². The zero-order valence-electron chi connectivity index (χ0n) is 23.6. The van der Waals surface area contributed by atoms with Crippen LogP contribution < -0.4 is 5.32 Å². The fourth-order valence-corrected chi connectivity index (χ4v) is 4.47. The fourth-order valence-electron chi connectivity index (χ4n) is 2.98. The number of nitrogens with zero attached hydrogens (tertiary/aromatic N) is 1. The van der Waals surface area contributed by atoms with Gasteiger partial charge in [-0.3, -0.25) is 19.4 Å². The summed E-state index contributed by atoms with van der Waals surface area (Å²) in [6.07, 6.45) is 12.5. The Balaban J connectivity index is 2.15. The number of carbonyl (C=O) groups is 2. The zero-order valence-corrected chi connectivity index (χ0v) is 25.3. The molecule has 11 heteroatoms. The summed E-state index contributed by atoms with van der Waals surface area (Å²) in [5.74, 6) is 0.358. The van der Waals surface area contributed by atoms with Crippen molar-refractivity contribution in [2.45, 2.75) is 80.1 Å². The molecule has 1 aliphatic carbocycles. The Hall–Kier alpha value is -2.78. The van der Waals surface area contributed by atoms with Gasteiger partial charge in [-0.25, -0.2) is 4.98 Å². The van der Waals surface area contributed by atoms with Crippen LogP contribution in [0.5, 0.6) is 0 Å². The number of esters is 1. The van der Waals surface area contributed by atoms with E-state index < -0.39 is 26.0 Å². The molecule has 0 aliphatic heterocycles. The van der Waals surface area contributed by atoms with Crippen LogP contribution in [0.3, 0.4) is 0 Å². The van der Waals surface area contributed by atoms with Crippen LogP contribution in [-0.2, 0) is 28.3 Å². The maximum atomic E-state index is 12.9. The minimum atomic E-state index is -1.94. The van der Waals surface area contributed by atoms with Gasteiger partial charge in [-0.15, -0.1) is 11.3 Å². The maximum absolute atomic E-state index is 12.9. The normalized spacial score (nSPS) is 16.4. The molecule has 2 rings (SSSR count). The molecule has 2 unspecified atom stereocenters. The van der Waals surface area contributed by atoms with E-state index in [9.17, 15) is 14.5 Å². The van der Waals surface area contributed by atoms with Gasteiger partial charge in [0.25, 0.3) is 5.91 Å². The van der Waals surface area contributed by atoms with Crippen molar-refractivity contribution in [2.24, 2.45) is 5.41 Å². The average molecular weight is 579 g/mol. The van der Waals surface area contributed by atoms with Crippen molar-refractivity contribution in [2.75, 3.05) is 5.32 Å². The lowest BCUT2D eigenvalue weighted by atomic mass is 9.97. The van der Waals surface area contributed by atoms with Crippen molar-refractivity contribution < 1.29 is 33.2 Å². The first-order valence-corrected chi connectivity index (χ1v) is 14.9. The summed E-state index contributed by atoms with van der Waals surface area (Å²) in [7, 11) is -1.94. The molecular weight excluding hydrogens is 539 g/mol. The van der Waals surface area contributed by atoms with Crippen molar-refractivity contribution in [3.05, 3.63) is 70.6 Å². The van der Waals surface area contributed by atoms with Gasteiger partial charge < -0.3 is 19.1 Å². The Morgan fingerprint density at radius 3 is 2.54 bits per heavy atom. The van der Waals surface area contributed by atoms with Gasteiger partial charge in [-0.2, -0.15) is 0 Å². The summed E-state index contributed by atoms with van der Waals surface area (Å²) in [6.45, 7) is 12.6. The molecule has 2 atom stereocenters. The zero-order chi connectivity index (χ0) is 29.0. The largest absolute Gasteiger partial charge is 0.498 e. The predicted molar refractivity (Wildman–Crippen MR) is 154 cm³/mol. The van der Waals surface area contributed by atoms with E-state index in [-0.39, 0.29) is 12.0 Å². The third kappa shape index (κ3) is 11.9. The Morgan fingerprint density at radius 1 is 1.23 bits per heavy atom. The SMILES string of the molecule is CC\C=C(/C=C(\C=C\OC(C)C)OC1=CC=C(P(O)OC(C)OC(=O)C(C)(C)C)CC1)C(=O)Nc1nccs1. The van der Waals surface area contributed by atoms with Crippen LogP contribution in [0.15, 0.2) is 70.6 Å². The Bertz CT molecular complexity index is 1120.